The standard InChI is InChI=1S/C29H31Cl2N3O3/c1-19(2)33-14-15-34-24(17-29(12-6-7-13-29)21-10-11-22(30)23(31)16-21)32-27(35)26(25(34)28(33)36)37-18-20-8-4-3-5-9-20/h3-5,8-11,16,19H,6-7,12-15,17-18H2,1-2H3. The van der Waals surface area contributed by atoms with Crippen LogP contribution in [0.1, 0.15) is 67.0 Å². The SMILES string of the molecule is CC(C)N1CCn2c(CC3(c4ccc(Cl)c(Cl)c4)CCCC3)nc(=O)c(OCc3ccccc3)c2C1=O. The molecular weight excluding hydrogens is 509 g/mol. The molecule has 1 amide bonds. The molecule has 1 aromatic heterocycles. The second-order valence-electron chi connectivity index (χ2n) is 10.3. The zero-order valence-electron chi connectivity index (χ0n) is 21.2. The molecule has 194 valence electrons. The molecule has 3 aromatic rings. The fourth-order valence-electron chi connectivity index (χ4n) is 5.72. The first-order chi connectivity index (χ1) is 17.8. The number of ether oxygens (including phenoxy) is 1. The van der Waals surface area contributed by atoms with E-state index in [0.717, 1.165) is 36.8 Å². The third kappa shape index (κ3) is 5.01. The summed E-state index contributed by atoms with van der Waals surface area (Å²) in [4.78, 5) is 33.4. The summed E-state index contributed by atoms with van der Waals surface area (Å²) < 4.78 is 7.93. The van der Waals surface area contributed by atoms with Crippen molar-refractivity contribution in [2.24, 2.45) is 0 Å². The van der Waals surface area contributed by atoms with E-state index in [1.807, 2.05) is 66.9 Å². The molecule has 1 aliphatic carbocycles. The van der Waals surface area contributed by atoms with Gasteiger partial charge in [-0.2, -0.15) is 4.98 Å². The van der Waals surface area contributed by atoms with Crippen molar-refractivity contribution >= 4 is 29.1 Å². The van der Waals surface area contributed by atoms with Gasteiger partial charge < -0.3 is 14.2 Å². The minimum atomic E-state index is -0.501. The molecule has 0 atom stereocenters. The van der Waals surface area contributed by atoms with E-state index in [-0.39, 0.29) is 29.7 Å². The first-order valence-electron chi connectivity index (χ1n) is 12.9. The highest BCUT2D eigenvalue weighted by atomic mass is 35.5. The lowest BCUT2D eigenvalue weighted by molar-refractivity contribution is 0.0633. The third-order valence-electron chi connectivity index (χ3n) is 7.69. The minimum absolute atomic E-state index is 0.00678. The molecule has 2 aromatic carbocycles. The molecule has 1 saturated carbocycles. The second-order valence-corrected chi connectivity index (χ2v) is 11.1. The zero-order chi connectivity index (χ0) is 26.2. The van der Waals surface area contributed by atoms with Gasteiger partial charge in [0.25, 0.3) is 5.91 Å². The van der Waals surface area contributed by atoms with Gasteiger partial charge in [-0.15, -0.1) is 0 Å². The number of halogens is 2. The first-order valence-corrected chi connectivity index (χ1v) is 13.6. The topological polar surface area (TPSA) is 64.4 Å². The van der Waals surface area contributed by atoms with Crippen LogP contribution in [-0.2, 0) is 25.0 Å². The van der Waals surface area contributed by atoms with Crippen LogP contribution >= 0.6 is 23.2 Å². The Balaban J connectivity index is 1.58. The van der Waals surface area contributed by atoms with Crippen molar-refractivity contribution in [1.29, 1.82) is 0 Å². The fourth-order valence-corrected chi connectivity index (χ4v) is 6.01. The summed E-state index contributed by atoms with van der Waals surface area (Å²) in [5, 5.41) is 1.04. The van der Waals surface area contributed by atoms with E-state index in [1.54, 1.807) is 4.90 Å². The summed E-state index contributed by atoms with van der Waals surface area (Å²) in [5.41, 5.74) is 1.59. The fraction of sp³-hybridized carbons (Fsp3) is 0.414. The number of fused-ring (bicyclic) bond motifs is 1. The number of hydrogen-bond donors (Lipinski definition) is 0. The van der Waals surface area contributed by atoms with E-state index in [1.165, 1.54) is 0 Å². The molecule has 0 saturated heterocycles. The Morgan fingerprint density at radius 3 is 2.41 bits per heavy atom. The van der Waals surface area contributed by atoms with Crippen LogP contribution in [0.2, 0.25) is 10.0 Å². The van der Waals surface area contributed by atoms with E-state index in [2.05, 4.69) is 4.98 Å². The number of aromatic nitrogens is 2. The zero-order valence-corrected chi connectivity index (χ0v) is 22.7. The number of carbonyl (C=O) groups excluding carboxylic acids is 1. The van der Waals surface area contributed by atoms with Gasteiger partial charge in [0.1, 0.15) is 12.4 Å². The Bertz CT molecular complexity index is 1360. The van der Waals surface area contributed by atoms with Gasteiger partial charge in [0, 0.05) is 31.0 Å². The smallest absolute Gasteiger partial charge is 0.316 e. The average Bonchev–Trinajstić information content (AvgIpc) is 3.36. The van der Waals surface area contributed by atoms with Crippen LogP contribution in [0.5, 0.6) is 5.75 Å². The Labute approximate surface area is 227 Å². The molecule has 0 unspecified atom stereocenters. The van der Waals surface area contributed by atoms with Gasteiger partial charge in [-0.1, -0.05) is 72.4 Å². The minimum Gasteiger partial charge on any atom is -0.481 e. The number of nitrogens with zero attached hydrogens (tertiary/aromatic N) is 3. The summed E-state index contributed by atoms with van der Waals surface area (Å²) in [6.45, 7) is 5.26. The lowest BCUT2D eigenvalue weighted by Gasteiger charge is -2.36. The second kappa shape index (κ2) is 10.5. The maximum atomic E-state index is 13.7. The lowest BCUT2D eigenvalue weighted by atomic mass is 9.75. The van der Waals surface area contributed by atoms with Crippen molar-refractivity contribution in [3.05, 3.63) is 91.6 Å². The highest BCUT2D eigenvalue weighted by Gasteiger charge is 2.40. The van der Waals surface area contributed by atoms with Crippen LogP contribution in [0, 0.1) is 0 Å². The van der Waals surface area contributed by atoms with Crippen LogP contribution in [0.25, 0.3) is 0 Å². The summed E-state index contributed by atoms with van der Waals surface area (Å²) in [7, 11) is 0. The molecule has 1 aliphatic heterocycles. The molecule has 0 radical (unpaired) electrons. The van der Waals surface area contributed by atoms with E-state index in [9.17, 15) is 9.59 Å². The van der Waals surface area contributed by atoms with Crippen LogP contribution in [-0.4, -0.2) is 32.9 Å². The highest BCUT2D eigenvalue weighted by molar-refractivity contribution is 6.42. The molecule has 0 bridgehead atoms. The largest absolute Gasteiger partial charge is 0.481 e. The van der Waals surface area contributed by atoms with Crippen LogP contribution in [0.4, 0.5) is 0 Å². The van der Waals surface area contributed by atoms with Gasteiger partial charge in [-0.3, -0.25) is 9.59 Å². The van der Waals surface area contributed by atoms with Gasteiger partial charge in [0.15, 0.2) is 5.69 Å². The van der Waals surface area contributed by atoms with E-state index >= 15 is 0 Å². The molecule has 1 fully saturated rings. The van der Waals surface area contributed by atoms with Gasteiger partial charge in [-0.25, -0.2) is 0 Å². The summed E-state index contributed by atoms with van der Waals surface area (Å²) in [6, 6.07) is 15.4. The van der Waals surface area contributed by atoms with Crippen LogP contribution in [0.3, 0.4) is 0 Å². The summed E-state index contributed by atoms with van der Waals surface area (Å²) in [6.07, 6.45) is 4.61. The van der Waals surface area contributed by atoms with Crippen molar-refractivity contribution in [1.82, 2.24) is 14.5 Å². The molecule has 6 nitrogen and oxygen atoms in total. The Kier molecular flexibility index (Phi) is 7.32. The molecular formula is C29H31Cl2N3O3. The predicted octanol–water partition coefficient (Wildman–Crippen LogP) is 6.05. The molecule has 0 N–H and O–H groups in total. The quantitative estimate of drug-likeness (QED) is 0.366. The summed E-state index contributed by atoms with van der Waals surface area (Å²) in [5.74, 6) is 0.454. The van der Waals surface area contributed by atoms with E-state index in [4.69, 9.17) is 27.9 Å². The summed E-state index contributed by atoms with van der Waals surface area (Å²) >= 11 is 12.6. The first kappa shape index (κ1) is 25.8. The molecule has 37 heavy (non-hydrogen) atoms. The highest BCUT2D eigenvalue weighted by Crippen LogP contribution is 2.45. The van der Waals surface area contributed by atoms with Crippen LogP contribution < -0.4 is 10.3 Å². The monoisotopic (exact) mass is 539 g/mol. The van der Waals surface area contributed by atoms with Gasteiger partial charge >= 0.3 is 5.56 Å². The van der Waals surface area contributed by atoms with Gasteiger partial charge in [0.2, 0.25) is 5.75 Å². The molecule has 2 aliphatic rings. The van der Waals surface area contributed by atoms with Crippen LogP contribution in [0.15, 0.2) is 53.3 Å². The van der Waals surface area contributed by atoms with Crippen molar-refractivity contribution in [2.75, 3.05) is 6.54 Å². The molecule has 2 heterocycles. The average molecular weight is 540 g/mol. The van der Waals surface area contributed by atoms with Gasteiger partial charge in [-0.05, 0) is 49.9 Å². The van der Waals surface area contributed by atoms with Crippen molar-refractivity contribution in [2.45, 2.75) is 70.6 Å². The third-order valence-corrected chi connectivity index (χ3v) is 8.43. The van der Waals surface area contributed by atoms with Gasteiger partial charge in [0.05, 0.1) is 10.0 Å². The van der Waals surface area contributed by atoms with Crippen molar-refractivity contribution < 1.29 is 9.53 Å². The molecule has 0 spiro atoms. The number of amides is 1. The van der Waals surface area contributed by atoms with E-state index < -0.39 is 5.56 Å². The lowest BCUT2D eigenvalue weighted by Crippen LogP contribution is -2.47. The van der Waals surface area contributed by atoms with E-state index in [0.29, 0.717) is 41.1 Å². The Morgan fingerprint density at radius 1 is 1.00 bits per heavy atom. The number of hydrogen-bond acceptors (Lipinski definition) is 4. The number of rotatable bonds is 7. The molecule has 5 rings (SSSR count). The number of benzene rings is 2. The maximum Gasteiger partial charge on any atom is 0.316 e. The van der Waals surface area contributed by atoms with Crippen molar-refractivity contribution in [3.63, 3.8) is 0 Å². The Hall–Kier alpha value is -2.83. The normalized spacial score (nSPS) is 16.8. The van der Waals surface area contributed by atoms with Crippen molar-refractivity contribution in [3.8, 4) is 5.75 Å². The molecule has 8 heteroatoms. The Morgan fingerprint density at radius 2 is 1.73 bits per heavy atom. The predicted molar refractivity (Wildman–Crippen MR) is 146 cm³/mol. The number of carbonyl (C=O) groups is 1. The maximum absolute atomic E-state index is 13.7.